The fraction of sp³-hybridized carbons (Fsp3) is 0.231. The zero-order valence-corrected chi connectivity index (χ0v) is 9.18. The van der Waals surface area contributed by atoms with Gasteiger partial charge < -0.3 is 0 Å². The minimum absolute atomic E-state index is 1.15. The van der Waals surface area contributed by atoms with Crippen LogP contribution in [-0.4, -0.2) is 0 Å². The Labute approximate surface area is 89.2 Å². The third-order valence-corrected chi connectivity index (χ3v) is 3.36. The fourth-order valence-corrected chi connectivity index (χ4v) is 2.42. The van der Waals surface area contributed by atoms with E-state index in [1.807, 2.05) is 11.3 Å². The Morgan fingerprint density at radius 2 is 1.71 bits per heavy atom. The van der Waals surface area contributed by atoms with E-state index in [4.69, 9.17) is 0 Å². The summed E-state index contributed by atoms with van der Waals surface area (Å²) in [5.41, 5.74) is 1.43. The number of rotatable bonds is 3. The maximum absolute atomic E-state index is 2.24. The molecule has 0 N–H and O–H groups in total. The van der Waals surface area contributed by atoms with Crippen molar-refractivity contribution in [1.29, 1.82) is 0 Å². The Morgan fingerprint density at radius 3 is 2.36 bits per heavy atom. The lowest BCUT2D eigenvalue weighted by molar-refractivity contribution is 0.981. The highest BCUT2D eigenvalue weighted by Crippen LogP contribution is 2.17. The molecule has 1 heteroatoms. The summed E-state index contributed by atoms with van der Waals surface area (Å²) in [5, 5.41) is 0. The SMILES string of the molecule is Cc1ccc(CCc2ccccc2)s1. The van der Waals surface area contributed by atoms with Gasteiger partial charge in [0.2, 0.25) is 0 Å². The molecule has 0 nitrogen and oxygen atoms in total. The molecule has 0 amide bonds. The van der Waals surface area contributed by atoms with Gasteiger partial charge in [0.25, 0.3) is 0 Å². The first-order valence-electron chi connectivity index (χ1n) is 4.94. The highest BCUT2D eigenvalue weighted by molar-refractivity contribution is 7.11. The van der Waals surface area contributed by atoms with Gasteiger partial charge in [0.15, 0.2) is 0 Å². The molecule has 14 heavy (non-hydrogen) atoms. The number of thiophene rings is 1. The molecule has 2 aromatic rings. The highest BCUT2D eigenvalue weighted by Gasteiger charge is 1.97. The van der Waals surface area contributed by atoms with E-state index in [0.717, 1.165) is 6.42 Å². The Bertz CT molecular complexity index is 387. The molecule has 0 saturated heterocycles. The van der Waals surface area contributed by atoms with E-state index in [0.29, 0.717) is 0 Å². The zero-order chi connectivity index (χ0) is 9.80. The Balaban J connectivity index is 1.95. The highest BCUT2D eigenvalue weighted by atomic mass is 32.1. The van der Waals surface area contributed by atoms with Crippen LogP contribution < -0.4 is 0 Å². The van der Waals surface area contributed by atoms with Crippen molar-refractivity contribution in [3.05, 3.63) is 57.8 Å². The molecule has 0 aliphatic rings. The van der Waals surface area contributed by atoms with Gasteiger partial charge in [-0.25, -0.2) is 0 Å². The molecule has 1 aromatic heterocycles. The van der Waals surface area contributed by atoms with Gasteiger partial charge in [0.1, 0.15) is 0 Å². The second-order valence-corrected chi connectivity index (χ2v) is 4.87. The van der Waals surface area contributed by atoms with Crippen LogP contribution in [0.4, 0.5) is 0 Å². The molecule has 0 radical (unpaired) electrons. The van der Waals surface area contributed by atoms with Crippen LogP contribution in [0.2, 0.25) is 0 Å². The van der Waals surface area contributed by atoms with Crippen LogP contribution in [0.1, 0.15) is 15.3 Å². The van der Waals surface area contributed by atoms with Crippen molar-refractivity contribution in [2.24, 2.45) is 0 Å². The van der Waals surface area contributed by atoms with Crippen LogP contribution in [0.5, 0.6) is 0 Å². The van der Waals surface area contributed by atoms with Crippen molar-refractivity contribution in [2.75, 3.05) is 0 Å². The monoisotopic (exact) mass is 202 g/mol. The van der Waals surface area contributed by atoms with Crippen LogP contribution in [0.15, 0.2) is 42.5 Å². The lowest BCUT2D eigenvalue weighted by Gasteiger charge is -1.98. The molecule has 0 unspecified atom stereocenters. The predicted molar refractivity (Wildman–Crippen MR) is 62.9 cm³/mol. The van der Waals surface area contributed by atoms with Gasteiger partial charge in [-0.3, -0.25) is 0 Å². The van der Waals surface area contributed by atoms with E-state index in [2.05, 4.69) is 49.4 Å². The summed E-state index contributed by atoms with van der Waals surface area (Å²) in [5.74, 6) is 0. The van der Waals surface area contributed by atoms with E-state index in [9.17, 15) is 0 Å². The van der Waals surface area contributed by atoms with Crippen LogP contribution in [0.25, 0.3) is 0 Å². The summed E-state index contributed by atoms with van der Waals surface area (Å²) in [6.07, 6.45) is 2.32. The second-order valence-electron chi connectivity index (χ2n) is 3.50. The smallest absolute Gasteiger partial charge is 0.00513 e. The van der Waals surface area contributed by atoms with Gasteiger partial charge in [-0.05, 0) is 37.5 Å². The molecule has 0 bridgehead atoms. The van der Waals surface area contributed by atoms with Crippen LogP contribution in [0.3, 0.4) is 0 Å². The number of aryl methyl sites for hydroxylation is 3. The molecule has 2 rings (SSSR count). The molecule has 0 aliphatic heterocycles. The molecule has 0 aliphatic carbocycles. The Hall–Kier alpha value is -1.08. The number of benzene rings is 1. The molecule has 1 heterocycles. The van der Waals surface area contributed by atoms with E-state index in [-0.39, 0.29) is 0 Å². The topological polar surface area (TPSA) is 0 Å². The first-order valence-corrected chi connectivity index (χ1v) is 5.75. The standard InChI is InChI=1S/C13H14S/c1-11-7-9-13(14-11)10-8-12-5-3-2-4-6-12/h2-7,9H,8,10H2,1H3. The van der Waals surface area contributed by atoms with Crippen molar-refractivity contribution in [3.63, 3.8) is 0 Å². The third-order valence-electron chi connectivity index (χ3n) is 2.30. The maximum atomic E-state index is 2.24. The number of hydrogen-bond acceptors (Lipinski definition) is 1. The maximum Gasteiger partial charge on any atom is 0.00513 e. The van der Waals surface area contributed by atoms with Crippen LogP contribution >= 0.6 is 11.3 Å². The normalized spacial score (nSPS) is 10.4. The lowest BCUT2D eigenvalue weighted by Crippen LogP contribution is -1.87. The van der Waals surface area contributed by atoms with E-state index < -0.39 is 0 Å². The summed E-state index contributed by atoms with van der Waals surface area (Å²) in [6, 6.07) is 15.1. The van der Waals surface area contributed by atoms with Gasteiger partial charge in [-0.1, -0.05) is 30.3 Å². The molecule has 1 aromatic carbocycles. The van der Waals surface area contributed by atoms with Crippen LogP contribution in [0, 0.1) is 6.92 Å². The average Bonchev–Trinajstić information content (AvgIpc) is 2.63. The summed E-state index contributed by atoms with van der Waals surface area (Å²) in [4.78, 5) is 2.90. The molecular weight excluding hydrogens is 188 g/mol. The van der Waals surface area contributed by atoms with Gasteiger partial charge in [-0.15, -0.1) is 11.3 Å². The minimum atomic E-state index is 1.15. The zero-order valence-electron chi connectivity index (χ0n) is 8.36. The van der Waals surface area contributed by atoms with Gasteiger partial charge >= 0.3 is 0 Å². The largest absolute Gasteiger partial charge is 0.146 e. The number of hydrogen-bond donors (Lipinski definition) is 0. The van der Waals surface area contributed by atoms with Crippen molar-refractivity contribution in [1.82, 2.24) is 0 Å². The first kappa shape index (κ1) is 9.47. The van der Waals surface area contributed by atoms with Crippen LogP contribution in [-0.2, 0) is 12.8 Å². The summed E-state index contributed by atoms with van der Waals surface area (Å²) >= 11 is 1.91. The molecule has 0 spiro atoms. The van der Waals surface area contributed by atoms with Gasteiger partial charge in [0, 0.05) is 9.75 Å². The molecule has 0 atom stereocenters. The summed E-state index contributed by atoms with van der Waals surface area (Å²) in [6.45, 7) is 2.16. The fourth-order valence-electron chi connectivity index (χ4n) is 1.53. The summed E-state index contributed by atoms with van der Waals surface area (Å²) in [7, 11) is 0. The third kappa shape index (κ3) is 2.46. The van der Waals surface area contributed by atoms with E-state index in [1.165, 1.54) is 21.7 Å². The van der Waals surface area contributed by atoms with E-state index in [1.54, 1.807) is 0 Å². The van der Waals surface area contributed by atoms with E-state index >= 15 is 0 Å². The predicted octanol–water partition coefficient (Wildman–Crippen LogP) is 3.84. The first-order chi connectivity index (χ1) is 6.84. The molecule has 72 valence electrons. The van der Waals surface area contributed by atoms with Crippen molar-refractivity contribution in [3.8, 4) is 0 Å². The average molecular weight is 202 g/mol. The Morgan fingerprint density at radius 1 is 0.929 bits per heavy atom. The Kier molecular flexibility index (Phi) is 3.00. The molecule has 0 fully saturated rings. The van der Waals surface area contributed by atoms with Crippen molar-refractivity contribution >= 4 is 11.3 Å². The lowest BCUT2D eigenvalue weighted by atomic mass is 10.1. The van der Waals surface area contributed by atoms with Crippen molar-refractivity contribution in [2.45, 2.75) is 19.8 Å². The van der Waals surface area contributed by atoms with Gasteiger partial charge in [0.05, 0.1) is 0 Å². The molecular formula is C13H14S. The molecule has 0 saturated carbocycles. The quantitative estimate of drug-likeness (QED) is 0.709. The van der Waals surface area contributed by atoms with Gasteiger partial charge in [-0.2, -0.15) is 0 Å². The second kappa shape index (κ2) is 4.43. The van der Waals surface area contributed by atoms with Crippen molar-refractivity contribution < 1.29 is 0 Å². The summed E-state index contributed by atoms with van der Waals surface area (Å²) < 4.78 is 0. The minimum Gasteiger partial charge on any atom is -0.146 e.